The van der Waals surface area contributed by atoms with Crippen molar-refractivity contribution < 1.29 is 18.3 Å². The smallest absolute Gasteiger partial charge is 0.335 e. The Hall–Kier alpha value is -2.02. The topological polar surface area (TPSA) is 79.6 Å². The lowest BCUT2D eigenvalue weighted by molar-refractivity contribution is 0.0697. The lowest BCUT2D eigenvalue weighted by Crippen LogP contribution is -2.32. The molecule has 7 heteroatoms. The fraction of sp³-hybridized carbons (Fsp3) is 0.400. The van der Waals surface area contributed by atoms with Crippen LogP contribution in [0, 0.1) is 0 Å². The summed E-state index contributed by atoms with van der Waals surface area (Å²) in [5.74, 6) is -1.01. The van der Waals surface area contributed by atoms with Crippen LogP contribution in [0.3, 0.4) is 0 Å². The van der Waals surface area contributed by atoms with E-state index in [2.05, 4.69) is 0 Å². The Bertz CT molecular complexity index is 867. The predicted octanol–water partition coefficient (Wildman–Crippen LogP) is 2.07. The van der Waals surface area contributed by atoms with E-state index in [1.54, 1.807) is 13.0 Å². The third-order valence-corrected chi connectivity index (χ3v) is 5.99. The second kappa shape index (κ2) is 5.01. The zero-order valence-corrected chi connectivity index (χ0v) is 13.4. The van der Waals surface area contributed by atoms with E-state index in [1.165, 1.54) is 10.4 Å². The molecule has 1 aliphatic rings. The third-order valence-electron chi connectivity index (χ3n) is 4.15. The van der Waals surface area contributed by atoms with E-state index in [1.807, 2.05) is 17.7 Å². The van der Waals surface area contributed by atoms with Gasteiger partial charge in [-0.05, 0) is 38.0 Å². The molecule has 1 aliphatic heterocycles. The van der Waals surface area contributed by atoms with Gasteiger partial charge in [-0.25, -0.2) is 13.2 Å². The number of sulfonamides is 1. The zero-order chi connectivity index (χ0) is 16.1. The van der Waals surface area contributed by atoms with Crippen LogP contribution in [0.5, 0.6) is 0 Å². The second-order valence-electron chi connectivity index (χ2n) is 5.37. The summed E-state index contributed by atoms with van der Waals surface area (Å²) in [6.45, 7) is 4.74. The number of aryl methyl sites for hydroxylation is 2. The molecule has 1 N–H and O–H groups in total. The van der Waals surface area contributed by atoms with Gasteiger partial charge in [-0.1, -0.05) is 0 Å². The Morgan fingerprint density at radius 2 is 2.00 bits per heavy atom. The molecule has 0 unspecified atom stereocenters. The van der Waals surface area contributed by atoms with Gasteiger partial charge in [0, 0.05) is 24.7 Å². The Kier molecular flexibility index (Phi) is 3.40. The molecule has 1 aromatic carbocycles. The van der Waals surface area contributed by atoms with E-state index in [4.69, 9.17) is 0 Å². The van der Waals surface area contributed by atoms with Gasteiger partial charge in [-0.15, -0.1) is 0 Å². The molecule has 118 valence electrons. The van der Waals surface area contributed by atoms with Gasteiger partial charge in [0.15, 0.2) is 0 Å². The van der Waals surface area contributed by atoms with Crippen LogP contribution in [0.2, 0.25) is 0 Å². The van der Waals surface area contributed by atoms with Crippen LogP contribution in [-0.4, -0.2) is 36.4 Å². The molecule has 0 aliphatic carbocycles. The summed E-state index contributed by atoms with van der Waals surface area (Å²) in [5, 5.41) is 10.2. The van der Waals surface area contributed by atoms with Crippen molar-refractivity contribution in [2.45, 2.75) is 26.8 Å². The number of hydrogen-bond acceptors (Lipinski definition) is 3. The van der Waals surface area contributed by atoms with Gasteiger partial charge >= 0.3 is 5.97 Å². The molecule has 0 radical (unpaired) electrons. The minimum absolute atomic E-state index is 0.0424. The number of carboxylic acid groups (broad SMARTS) is 1. The molecular formula is C15H18N2O4S. The first-order valence-electron chi connectivity index (χ1n) is 7.28. The Balaban J connectivity index is 2.44. The van der Waals surface area contributed by atoms with Crippen molar-refractivity contribution in [2.75, 3.05) is 16.6 Å². The largest absolute Gasteiger partial charge is 0.478 e. The van der Waals surface area contributed by atoms with Crippen LogP contribution in [0.1, 0.15) is 29.8 Å². The maximum Gasteiger partial charge on any atom is 0.335 e. The molecule has 0 saturated carbocycles. The number of nitrogens with zero attached hydrogens (tertiary/aromatic N) is 2. The van der Waals surface area contributed by atoms with Gasteiger partial charge in [-0.3, -0.25) is 4.31 Å². The molecule has 0 amide bonds. The van der Waals surface area contributed by atoms with Gasteiger partial charge in [0.1, 0.15) is 0 Å². The van der Waals surface area contributed by atoms with Crippen LogP contribution in [0.25, 0.3) is 10.9 Å². The number of benzene rings is 1. The molecule has 22 heavy (non-hydrogen) atoms. The number of carboxylic acids is 1. The summed E-state index contributed by atoms with van der Waals surface area (Å²) in [7, 11) is -3.42. The van der Waals surface area contributed by atoms with Crippen LogP contribution >= 0.6 is 0 Å². The number of aromatic carboxylic acids is 1. The summed E-state index contributed by atoms with van der Waals surface area (Å²) in [5.41, 5.74) is 2.33. The summed E-state index contributed by atoms with van der Waals surface area (Å²) in [6, 6.07) is 3.10. The fourth-order valence-corrected chi connectivity index (χ4v) is 4.66. The van der Waals surface area contributed by atoms with E-state index < -0.39 is 16.0 Å². The van der Waals surface area contributed by atoms with Crippen molar-refractivity contribution in [1.29, 1.82) is 0 Å². The van der Waals surface area contributed by atoms with E-state index >= 15 is 0 Å². The Labute approximate surface area is 129 Å². The minimum atomic E-state index is -3.42. The lowest BCUT2D eigenvalue weighted by Gasteiger charge is -2.22. The monoisotopic (exact) mass is 322 g/mol. The summed E-state index contributed by atoms with van der Waals surface area (Å²) < 4.78 is 28.2. The molecule has 1 aromatic heterocycles. The van der Waals surface area contributed by atoms with Crippen LogP contribution < -0.4 is 4.31 Å². The third kappa shape index (κ3) is 2.08. The number of hydrogen-bond donors (Lipinski definition) is 1. The molecule has 3 rings (SSSR count). The zero-order valence-electron chi connectivity index (χ0n) is 12.5. The van der Waals surface area contributed by atoms with Gasteiger partial charge in [0.25, 0.3) is 0 Å². The van der Waals surface area contributed by atoms with E-state index in [0.29, 0.717) is 18.7 Å². The molecule has 0 saturated heterocycles. The Morgan fingerprint density at radius 1 is 1.27 bits per heavy atom. The van der Waals surface area contributed by atoms with Crippen molar-refractivity contribution in [3.05, 3.63) is 29.5 Å². The van der Waals surface area contributed by atoms with Gasteiger partial charge in [0.05, 0.1) is 22.5 Å². The molecule has 2 heterocycles. The fourth-order valence-electron chi connectivity index (χ4n) is 3.13. The first-order valence-corrected chi connectivity index (χ1v) is 8.89. The average molecular weight is 322 g/mol. The number of aromatic nitrogens is 1. The summed E-state index contributed by atoms with van der Waals surface area (Å²) >= 11 is 0. The highest BCUT2D eigenvalue weighted by atomic mass is 32.2. The quantitative estimate of drug-likeness (QED) is 0.938. The maximum atomic E-state index is 12.4. The molecule has 0 spiro atoms. The molecule has 2 aromatic rings. The van der Waals surface area contributed by atoms with E-state index in [9.17, 15) is 18.3 Å². The second-order valence-corrected chi connectivity index (χ2v) is 7.38. The first kappa shape index (κ1) is 14.9. The number of rotatable bonds is 3. The highest BCUT2D eigenvalue weighted by molar-refractivity contribution is 7.92. The summed E-state index contributed by atoms with van der Waals surface area (Å²) in [4.78, 5) is 11.4. The SMILES string of the molecule is CCN1c2cc(C(=O)O)cc3c2c(cn3CC)CCS1(=O)=O. The maximum absolute atomic E-state index is 12.4. The van der Waals surface area contributed by atoms with Gasteiger partial charge in [0.2, 0.25) is 10.0 Å². The first-order chi connectivity index (χ1) is 10.4. The average Bonchev–Trinajstić information content (AvgIpc) is 2.78. The number of anilines is 1. The highest BCUT2D eigenvalue weighted by Gasteiger charge is 2.29. The van der Waals surface area contributed by atoms with Crippen LogP contribution in [0.15, 0.2) is 18.3 Å². The highest BCUT2D eigenvalue weighted by Crippen LogP contribution is 2.37. The summed E-state index contributed by atoms with van der Waals surface area (Å²) in [6.07, 6.45) is 2.39. The number of carbonyl (C=O) groups is 1. The van der Waals surface area contributed by atoms with E-state index in [-0.39, 0.29) is 17.9 Å². The van der Waals surface area contributed by atoms with Crippen molar-refractivity contribution in [3.8, 4) is 0 Å². The normalized spacial score (nSPS) is 16.7. The molecule has 6 nitrogen and oxygen atoms in total. The van der Waals surface area contributed by atoms with Crippen LogP contribution in [-0.2, 0) is 23.0 Å². The van der Waals surface area contributed by atoms with E-state index in [0.717, 1.165) is 16.5 Å². The standard InChI is InChI=1S/C15H18N2O4S/c1-3-16-9-10-5-6-22(20,21)17(4-2)13-8-11(15(18)19)7-12(16)14(10)13/h7-9H,3-6H2,1-2H3,(H,18,19). The van der Waals surface area contributed by atoms with Crippen molar-refractivity contribution in [3.63, 3.8) is 0 Å². The van der Waals surface area contributed by atoms with Gasteiger partial charge in [-0.2, -0.15) is 0 Å². The van der Waals surface area contributed by atoms with Crippen molar-refractivity contribution in [2.24, 2.45) is 0 Å². The molecule has 0 bridgehead atoms. The molecule has 0 atom stereocenters. The molecule has 0 fully saturated rings. The van der Waals surface area contributed by atoms with Crippen molar-refractivity contribution >= 4 is 32.6 Å². The molecular weight excluding hydrogens is 304 g/mol. The van der Waals surface area contributed by atoms with Crippen molar-refractivity contribution in [1.82, 2.24) is 4.57 Å². The van der Waals surface area contributed by atoms with Gasteiger partial charge < -0.3 is 9.67 Å². The Morgan fingerprint density at radius 3 is 2.59 bits per heavy atom. The lowest BCUT2D eigenvalue weighted by atomic mass is 10.1. The predicted molar refractivity (Wildman–Crippen MR) is 85.1 cm³/mol. The van der Waals surface area contributed by atoms with Crippen LogP contribution in [0.4, 0.5) is 5.69 Å². The minimum Gasteiger partial charge on any atom is -0.478 e.